The predicted molar refractivity (Wildman–Crippen MR) is 355 cm³/mol. The second-order valence-corrected chi connectivity index (χ2v) is 27.6. The third-order valence-electron chi connectivity index (χ3n) is 17.8. The second kappa shape index (κ2) is 18.3. The van der Waals surface area contributed by atoms with Crippen molar-refractivity contribution >= 4 is 97.1 Å². The molecule has 0 saturated carbocycles. The molecule has 6 heteroatoms. The van der Waals surface area contributed by atoms with Gasteiger partial charge in [0.2, 0.25) is 0 Å². The first-order valence-corrected chi connectivity index (χ1v) is 29.4. The molecule has 0 fully saturated rings. The fraction of sp³-hybridized carbons (Fsp3) is 0.211. The maximum absolute atomic E-state index is 7.43. The molecule has 0 atom stereocenters. The quantitative estimate of drug-likeness (QED) is 0.160. The van der Waals surface area contributed by atoms with Gasteiger partial charge in [-0.1, -0.05) is 204 Å². The molecular weight excluding hydrogens is 992 g/mol. The van der Waals surface area contributed by atoms with Crippen LogP contribution in [0.3, 0.4) is 0 Å². The Labute approximate surface area is 485 Å². The lowest BCUT2D eigenvalue weighted by molar-refractivity contribution is 0.488. The van der Waals surface area contributed by atoms with Gasteiger partial charge >= 0.3 is 0 Å². The van der Waals surface area contributed by atoms with E-state index in [9.17, 15) is 0 Å². The van der Waals surface area contributed by atoms with Gasteiger partial charge in [0.25, 0.3) is 6.71 Å². The number of ether oxygens (including phenoxy) is 1. The van der Waals surface area contributed by atoms with E-state index in [0.717, 1.165) is 73.1 Å². The molecule has 0 radical (unpaired) electrons. The summed E-state index contributed by atoms with van der Waals surface area (Å²) in [5.41, 5.74) is 25.0. The molecule has 0 unspecified atom stereocenters. The number of nitrogens with zero attached hydrogens (tertiary/aromatic N) is 3. The molecule has 0 aliphatic carbocycles. The van der Waals surface area contributed by atoms with Crippen LogP contribution >= 0.6 is 0 Å². The highest BCUT2D eigenvalue weighted by Crippen LogP contribution is 2.50. The fourth-order valence-corrected chi connectivity index (χ4v) is 13.3. The van der Waals surface area contributed by atoms with E-state index in [0.29, 0.717) is 0 Å². The zero-order valence-corrected chi connectivity index (χ0v) is 49.9. The zero-order valence-electron chi connectivity index (χ0n) is 49.9. The van der Waals surface area contributed by atoms with E-state index >= 15 is 0 Å². The van der Waals surface area contributed by atoms with E-state index in [-0.39, 0.29) is 28.4 Å². The fourth-order valence-electron chi connectivity index (χ4n) is 13.3. The molecule has 82 heavy (non-hydrogen) atoms. The highest BCUT2D eigenvalue weighted by Gasteiger charge is 2.43. The Kier molecular flexibility index (Phi) is 11.5. The minimum atomic E-state index is -0.128. The minimum absolute atomic E-state index is 0.00339. The number of benzene rings is 10. The molecule has 0 amide bonds. The molecule has 10 aromatic carbocycles. The number of rotatable bonds is 5. The average molecular weight is 1060 g/mol. The maximum Gasteiger partial charge on any atom is 0.256 e. The standard InChI is InChI=1S/C76H71B2N3O/c1-73(2,3)48-26-34-63-57(38-48)58-39-49(74(4,5)6)27-35-64(58)79(63)53-30-32-61-67(44-53)81(72-55(46-20-15-13-16-21-46)24-19-25-56(72)47-22-17-14-18-23-47)68-42-52(77)43-70-71(68)78(61)62-33-31-54(45-69(62)82-70)80-65-36-28-50(75(7,8)9)40-59(65)60-41-51(76(10,11)12)29-37-66(60)80/h13-45H,77H2,1-12H3. The van der Waals surface area contributed by atoms with Crippen LogP contribution in [0.1, 0.15) is 105 Å². The van der Waals surface area contributed by atoms with Crippen LogP contribution in [0.25, 0.3) is 77.2 Å². The molecule has 2 aromatic heterocycles. The molecule has 2 aliphatic heterocycles. The van der Waals surface area contributed by atoms with E-state index in [1.54, 1.807) is 0 Å². The first kappa shape index (κ1) is 51.7. The molecule has 0 bridgehead atoms. The molecule has 4 heterocycles. The summed E-state index contributed by atoms with van der Waals surface area (Å²) in [6.45, 7) is 27.6. The average Bonchev–Trinajstić information content (AvgIpc) is 1.78. The van der Waals surface area contributed by atoms with Crippen molar-refractivity contribution in [3.8, 4) is 45.1 Å². The number of fused-ring (bicyclic) bond motifs is 10. The van der Waals surface area contributed by atoms with Gasteiger partial charge in [-0.15, -0.1) is 0 Å². The third-order valence-corrected chi connectivity index (χ3v) is 17.8. The lowest BCUT2D eigenvalue weighted by atomic mass is 9.34. The van der Waals surface area contributed by atoms with E-state index < -0.39 is 0 Å². The van der Waals surface area contributed by atoms with Crippen LogP contribution in [0.5, 0.6) is 11.5 Å². The number of para-hydroxylation sites is 1. The van der Waals surface area contributed by atoms with Crippen molar-refractivity contribution in [1.82, 2.24) is 9.13 Å². The lowest BCUT2D eigenvalue weighted by Gasteiger charge is -2.42. The number of aromatic nitrogens is 2. The number of hydrogen-bond acceptors (Lipinski definition) is 2. The van der Waals surface area contributed by atoms with Gasteiger partial charge in [0.1, 0.15) is 19.3 Å². The first-order chi connectivity index (χ1) is 39.1. The van der Waals surface area contributed by atoms with Crippen molar-refractivity contribution in [2.45, 2.75) is 105 Å². The van der Waals surface area contributed by atoms with Crippen LogP contribution in [-0.2, 0) is 21.7 Å². The van der Waals surface area contributed by atoms with Gasteiger partial charge in [0, 0.05) is 61.5 Å². The van der Waals surface area contributed by atoms with Gasteiger partial charge in [-0.3, -0.25) is 0 Å². The smallest absolute Gasteiger partial charge is 0.256 e. The summed E-state index contributed by atoms with van der Waals surface area (Å²) in [5, 5.41) is 5.09. The molecule has 4 nitrogen and oxygen atoms in total. The number of hydrogen-bond donors (Lipinski definition) is 0. The monoisotopic (exact) mass is 1060 g/mol. The molecular formula is C76H71B2N3O. The lowest BCUT2D eigenvalue weighted by Crippen LogP contribution is -2.60. The largest absolute Gasteiger partial charge is 0.458 e. The van der Waals surface area contributed by atoms with Crippen molar-refractivity contribution in [2.75, 3.05) is 4.90 Å². The highest BCUT2D eigenvalue weighted by molar-refractivity contribution is 6.99. The SMILES string of the molecule is Bc1cc2c3c(c1)N(c1c(-c4ccccc4)cccc1-c1ccccc1)c1cc(-n4c5ccc(C(C)(C)C)cc5c5cc(C(C)(C)C)ccc54)ccc1B3c1ccc(-n3c4ccc(C(C)(C)C)cc4c4cc(C(C)(C)C)ccc43)cc1O2. The Morgan fingerprint density at radius 3 is 1.21 bits per heavy atom. The van der Waals surface area contributed by atoms with Gasteiger partial charge in [0.05, 0.1) is 27.8 Å². The Morgan fingerprint density at radius 2 is 0.780 bits per heavy atom. The Balaban J connectivity index is 1.04. The summed E-state index contributed by atoms with van der Waals surface area (Å²) >= 11 is 0. The molecule has 14 rings (SSSR count). The van der Waals surface area contributed by atoms with E-state index in [2.05, 4.69) is 305 Å². The van der Waals surface area contributed by atoms with Gasteiger partial charge < -0.3 is 18.8 Å². The normalized spacial score (nSPS) is 13.5. The Hall–Kier alpha value is -8.47. The molecule has 2 aliphatic rings. The van der Waals surface area contributed by atoms with Crippen molar-refractivity contribution in [3.05, 3.63) is 222 Å². The molecule has 12 aromatic rings. The van der Waals surface area contributed by atoms with Gasteiger partial charge in [-0.25, -0.2) is 0 Å². The first-order valence-electron chi connectivity index (χ1n) is 29.4. The summed E-state index contributed by atoms with van der Waals surface area (Å²) in [7, 11) is 2.22. The molecule has 0 N–H and O–H groups in total. The van der Waals surface area contributed by atoms with E-state index in [4.69, 9.17) is 4.74 Å². The Morgan fingerprint density at radius 1 is 0.366 bits per heavy atom. The van der Waals surface area contributed by atoms with Crippen molar-refractivity contribution < 1.29 is 4.74 Å². The summed E-state index contributed by atoms with van der Waals surface area (Å²) in [6.07, 6.45) is 0. The highest BCUT2D eigenvalue weighted by atomic mass is 16.5. The summed E-state index contributed by atoms with van der Waals surface area (Å²) in [6, 6.07) is 76.1. The van der Waals surface area contributed by atoms with Gasteiger partial charge in [-0.05, 0) is 150 Å². The van der Waals surface area contributed by atoms with Crippen molar-refractivity contribution in [3.63, 3.8) is 0 Å². The second-order valence-electron chi connectivity index (χ2n) is 27.6. The van der Waals surface area contributed by atoms with Gasteiger partial charge in [-0.2, -0.15) is 0 Å². The Bertz CT molecular complexity index is 4390. The van der Waals surface area contributed by atoms with Crippen molar-refractivity contribution in [2.24, 2.45) is 0 Å². The summed E-state index contributed by atoms with van der Waals surface area (Å²) in [4.78, 5) is 2.59. The van der Waals surface area contributed by atoms with Crippen LogP contribution in [0.4, 0.5) is 17.1 Å². The number of anilines is 3. The van der Waals surface area contributed by atoms with Crippen molar-refractivity contribution in [1.29, 1.82) is 0 Å². The third kappa shape index (κ3) is 8.26. The maximum atomic E-state index is 7.43. The minimum Gasteiger partial charge on any atom is -0.458 e. The topological polar surface area (TPSA) is 22.3 Å². The molecule has 0 saturated heterocycles. The van der Waals surface area contributed by atoms with Gasteiger partial charge in [0.15, 0.2) is 0 Å². The summed E-state index contributed by atoms with van der Waals surface area (Å²) in [5.74, 6) is 1.77. The van der Waals surface area contributed by atoms with Crippen LogP contribution in [0.2, 0.25) is 0 Å². The zero-order chi connectivity index (χ0) is 56.9. The van der Waals surface area contributed by atoms with Crippen LogP contribution in [0.15, 0.2) is 200 Å². The predicted octanol–water partition coefficient (Wildman–Crippen LogP) is 17.1. The van der Waals surface area contributed by atoms with Crippen LogP contribution in [-0.4, -0.2) is 23.7 Å². The van der Waals surface area contributed by atoms with Crippen LogP contribution < -0.4 is 31.5 Å². The van der Waals surface area contributed by atoms with Crippen LogP contribution in [0, 0.1) is 0 Å². The summed E-state index contributed by atoms with van der Waals surface area (Å²) < 4.78 is 12.4. The van der Waals surface area contributed by atoms with E-state index in [1.165, 1.54) is 76.8 Å². The molecule has 0 spiro atoms. The van der Waals surface area contributed by atoms with E-state index in [1.807, 2.05) is 0 Å². The molecule has 402 valence electrons.